The molecule has 0 bridgehead atoms. The van der Waals surface area contributed by atoms with Gasteiger partial charge in [0.2, 0.25) is 0 Å². The summed E-state index contributed by atoms with van der Waals surface area (Å²) in [4.78, 5) is 11.1. The minimum absolute atomic E-state index is 0.0222. The number of hydrogen-bond donors (Lipinski definition) is 0. The first kappa shape index (κ1) is 15.0. The quantitative estimate of drug-likeness (QED) is 0.589. The van der Waals surface area contributed by atoms with Gasteiger partial charge in [0, 0.05) is 6.42 Å². The van der Waals surface area contributed by atoms with Crippen LogP contribution in [0.2, 0.25) is 0 Å². The summed E-state index contributed by atoms with van der Waals surface area (Å²) in [6.45, 7) is 8.53. The van der Waals surface area contributed by atoms with E-state index >= 15 is 0 Å². The van der Waals surface area contributed by atoms with E-state index in [1.807, 2.05) is 13.8 Å². The Labute approximate surface area is 125 Å². The summed E-state index contributed by atoms with van der Waals surface area (Å²) in [5.74, 6) is -0.603. The van der Waals surface area contributed by atoms with Gasteiger partial charge >= 0.3 is 5.97 Å². The lowest BCUT2D eigenvalue weighted by molar-refractivity contribution is -0.155. The molecule has 3 heterocycles. The van der Waals surface area contributed by atoms with Crippen LogP contribution >= 0.6 is 0 Å². The highest BCUT2D eigenvalue weighted by Gasteiger charge is 2.42. The number of cyclic esters (lactones) is 1. The summed E-state index contributed by atoms with van der Waals surface area (Å²) < 4.78 is 22.8. The van der Waals surface area contributed by atoms with Gasteiger partial charge < -0.3 is 18.9 Å². The summed E-state index contributed by atoms with van der Waals surface area (Å²) in [5.41, 5.74) is 1.11. The van der Waals surface area contributed by atoms with Gasteiger partial charge in [-0.1, -0.05) is 6.58 Å². The van der Waals surface area contributed by atoms with Crippen molar-refractivity contribution < 1.29 is 23.7 Å². The first-order valence-electron chi connectivity index (χ1n) is 7.77. The Bertz CT molecular complexity index is 430. The molecule has 0 aromatic rings. The van der Waals surface area contributed by atoms with Crippen molar-refractivity contribution in [1.29, 1.82) is 0 Å². The maximum atomic E-state index is 11.1. The lowest BCUT2D eigenvalue weighted by atomic mass is 10.0. The maximum Gasteiger partial charge on any atom is 0.306 e. The van der Waals surface area contributed by atoms with Crippen molar-refractivity contribution in [2.45, 2.75) is 76.2 Å². The lowest BCUT2D eigenvalue weighted by Gasteiger charge is -2.21. The van der Waals surface area contributed by atoms with Gasteiger partial charge in [-0.05, 0) is 45.1 Å². The van der Waals surface area contributed by atoms with Crippen LogP contribution in [0.15, 0.2) is 12.2 Å². The molecule has 21 heavy (non-hydrogen) atoms. The average molecular weight is 296 g/mol. The van der Waals surface area contributed by atoms with Crippen LogP contribution in [0.3, 0.4) is 0 Å². The second-order valence-electron chi connectivity index (χ2n) is 6.62. The molecule has 3 aliphatic heterocycles. The van der Waals surface area contributed by atoms with E-state index in [-0.39, 0.29) is 30.4 Å². The van der Waals surface area contributed by atoms with E-state index in [1.54, 1.807) is 0 Å². The van der Waals surface area contributed by atoms with Crippen LogP contribution in [0.25, 0.3) is 0 Å². The Hall–Kier alpha value is -0.910. The molecule has 0 spiro atoms. The third-order valence-corrected chi connectivity index (χ3v) is 4.42. The summed E-state index contributed by atoms with van der Waals surface area (Å²) in [6.07, 6.45) is 3.98. The van der Waals surface area contributed by atoms with Crippen molar-refractivity contribution in [2.75, 3.05) is 6.61 Å². The van der Waals surface area contributed by atoms with E-state index in [1.165, 1.54) is 0 Å². The fourth-order valence-electron chi connectivity index (χ4n) is 3.26. The summed E-state index contributed by atoms with van der Waals surface area (Å²) in [7, 11) is 0. The fraction of sp³-hybridized carbons (Fsp3) is 0.812. The molecule has 0 N–H and O–H groups in total. The van der Waals surface area contributed by atoms with Crippen LogP contribution in [0.5, 0.6) is 0 Å². The van der Waals surface area contributed by atoms with Crippen LogP contribution in [-0.2, 0) is 23.7 Å². The van der Waals surface area contributed by atoms with Crippen molar-refractivity contribution in [2.24, 2.45) is 0 Å². The number of esters is 1. The Morgan fingerprint density at radius 2 is 2.10 bits per heavy atom. The number of carbonyl (C=O) groups excluding carboxylic acids is 1. The number of carbonyl (C=O) groups is 1. The molecule has 0 aromatic carbocycles. The van der Waals surface area contributed by atoms with Crippen LogP contribution in [0.1, 0.15) is 46.0 Å². The van der Waals surface area contributed by atoms with Gasteiger partial charge in [-0.25, -0.2) is 0 Å². The summed E-state index contributed by atoms with van der Waals surface area (Å²) >= 11 is 0. The van der Waals surface area contributed by atoms with Crippen molar-refractivity contribution in [3.63, 3.8) is 0 Å². The van der Waals surface area contributed by atoms with Crippen molar-refractivity contribution >= 4 is 5.97 Å². The van der Waals surface area contributed by atoms with E-state index < -0.39 is 5.79 Å². The second-order valence-corrected chi connectivity index (χ2v) is 6.62. The second kappa shape index (κ2) is 5.71. The highest BCUT2D eigenvalue weighted by molar-refractivity contribution is 5.71. The normalized spacial score (nSPS) is 39.0. The Balaban J connectivity index is 1.47. The predicted molar refractivity (Wildman–Crippen MR) is 75.7 cm³/mol. The van der Waals surface area contributed by atoms with E-state index in [0.29, 0.717) is 13.0 Å². The van der Waals surface area contributed by atoms with Crippen LogP contribution in [0.4, 0.5) is 0 Å². The van der Waals surface area contributed by atoms with Gasteiger partial charge in [0.05, 0.1) is 18.8 Å². The molecule has 0 unspecified atom stereocenters. The van der Waals surface area contributed by atoms with E-state index in [4.69, 9.17) is 18.9 Å². The first-order chi connectivity index (χ1) is 9.93. The first-order valence-corrected chi connectivity index (χ1v) is 7.77. The lowest BCUT2D eigenvalue weighted by Crippen LogP contribution is -2.31. The predicted octanol–water partition coefficient (Wildman–Crippen LogP) is 2.34. The molecule has 3 aliphatic rings. The van der Waals surface area contributed by atoms with Crippen LogP contribution < -0.4 is 0 Å². The molecule has 0 radical (unpaired) electrons. The Kier molecular flexibility index (Phi) is 4.08. The van der Waals surface area contributed by atoms with Gasteiger partial charge in [0.15, 0.2) is 5.79 Å². The molecule has 0 saturated carbocycles. The molecular weight excluding hydrogens is 272 g/mol. The summed E-state index contributed by atoms with van der Waals surface area (Å²) in [5, 5.41) is 0. The number of ether oxygens (including phenoxy) is 4. The molecule has 5 heteroatoms. The molecule has 3 rings (SSSR count). The molecule has 0 aromatic heterocycles. The van der Waals surface area contributed by atoms with Gasteiger partial charge in [0.25, 0.3) is 0 Å². The average Bonchev–Trinajstić information content (AvgIpc) is 3.07. The highest BCUT2D eigenvalue weighted by Crippen LogP contribution is 2.35. The van der Waals surface area contributed by atoms with Gasteiger partial charge in [-0.15, -0.1) is 0 Å². The zero-order chi connectivity index (χ0) is 15.0. The third-order valence-electron chi connectivity index (χ3n) is 4.42. The van der Waals surface area contributed by atoms with E-state index in [0.717, 1.165) is 31.3 Å². The van der Waals surface area contributed by atoms with Gasteiger partial charge in [-0.3, -0.25) is 4.79 Å². The molecular formula is C16H24O5. The van der Waals surface area contributed by atoms with Crippen molar-refractivity contribution in [3.05, 3.63) is 12.2 Å². The van der Waals surface area contributed by atoms with Crippen LogP contribution in [0, 0.1) is 0 Å². The third kappa shape index (κ3) is 3.47. The standard InChI is InChI=1S/C16H24O5/c1-10-8-13(14-9-18-16(2,3)21-14)20-12(10)6-4-11-5-7-15(17)19-11/h11-14H,1,4-9H2,2-3H3/t11-,12+,13-,14-/m1/s1. The SMILES string of the molecule is C=C1C[C@H]([C@H]2COC(C)(C)O2)O[C@H]1CC[C@@H]1CCC(=O)O1. The topological polar surface area (TPSA) is 54.0 Å². The minimum Gasteiger partial charge on any atom is -0.462 e. The molecule has 4 atom stereocenters. The van der Waals surface area contributed by atoms with Crippen molar-refractivity contribution in [1.82, 2.24) is 0 Å². The van der Waals surface area contributed by atoms with Crippen LogP contribution in [-0.4, -0.2) is 42.8 Å². The number of rotatable bonds is 4. The molecule has 0 aliphatic carbocycles. The monoisotopic (exact) mass is 296 g/mol. The maximum absolute atomic E-state index is 11.1. The molecule has 3 fully saturated rings. The Morgan fingerprint density at radius 1 is 1.29 bits per heavy atom. The zero-order valence-corrected chi connectivity index (χ0v) is 12.8. The van der Waals surface area contributed by atoms with Gasteiger partial charge in [-0.2, -0.15) is 0 Å². The highest BCUT2D eigenvalue weighted by atomic mass is 16.7. The zero-order valence-electron chi connectivity index (χ0n) is 12.8. The number of hydrogen-bond acceptors (Lipinski definition) is 5. The van der Waals surface area contributed by atoms with Gasteiger partial charge in [0.1, 0.15) is 12.2 Å². The molecule has 3 saturated heterocycles. The van der Waals surface area contributed by atoms with E-state index in [9.17, 15) is 4.79 Å². The largest absolute Gasteiger partial charge is 0.462 e. The fourth-order valence-corrected chi connectivity index (χ4v) is 3.26. The van der Waals surface area contributed by atoms with Crippen molar-refractivity contribution in [3.8, 4) is 0 Å². The molecule has 118 valence electrons. The Morgan fingerprint density at radius 3 is 2.71 bits per heavy atom. The van der Waals surface area contributed by atoms with E-state index in [2.05, 4.69) is 6.58 Å². The smallest absolute Gasteiger partial charge is 0.306 e. The minimum atomic E-state index is -0.522. The molecule has 5 nitrogen and oxygen atoms in total. The summed E-state index contributed by atoms with van der Waals surface area (Å²) in [6, 6.07) is 0. The molecule has 0 amide bonds.